The van der Waals surface area contributed by atoms with E-state index in [9.17, 15) is 4.79 Å². The molecule has 1 N–H and O–H groups in total. The molecular formula is C13H16N2O2. The Morgan fingerprint density at radius 1 is 1.35 bits per heavy atom. The number of nitriles is 1. The van der Waals surface area contributed by atoms with Gasteiger partial charge in [-0.05, 0) is 31.5 Å². The van der Waals surface area contributed by atoms with E-state index in [1.54, 1.807) is 19.1 Å². The zero-order chi connectivity index (χ0) is 12.8. The highest BCUT2D eigenvalue weighted by molar-refractivity contribution is 5.75. The van der Waals surface area contributed by atoms with Gasteiger partial charge in [0.2, 0.25) is 0 Å². The lowest BCUT2D eigenvalue weighted by atomic mass is 10.1. The van der Waals surface area contributed by atoms with E-state index in [0.29, 0.717) is 5.56 Å². The molecule has 0 heterocycles. The van der Waals surface area contributed by atoms with E-state index >= 15 is 0 Å². The number of carbonyl (C=O) groups is 1. The zero-order valence-electron chi connectivity index (χ0n) is 10.2. The molecule has 0 amide bonds. The van der Waals surface area contributed by atoms with E-state index in [1.165, 1.54) is 7.11 Å². The average Bonchev–Trinajstić information content (AvgIpc) is 2.37. The normalized spacial score (nSPS) is 13.5. The molecule has 0 spiro atoms. The Balaban J connectivity index is 2.66. The molecular weight excluding hydrogens is 216 g/mol. The summed E-state index contributed by atoms with van der Waals surface area (Å²) >= 11 is 0. The minimum atomic E-state index is -0.356. The third-order valence-electron chi connectivity index (χ3n) is 2.59. The summed E-state index contributed by atoms with van der Waals surface area (Å²) in [5.41, 5.74) is 1.65. The standard InChI is InChI=1S/C13H16N2O2/c1-9(15-10(2)13(16)17-3)12-6-4-11(8-14)5-7-12/h4-7,9-10,15H,1-3H3/t9-,10+/m0/s1. The van der Waals surface area contributed by atoms with Crippen molar-refractivity contribution in [2.75, 3.05) is 7.11 Å². The van der Waals surface area contributed by atoms with Crippen molar-refractivity contribution in [2.45, 2.75) is 25.9 Å². The molecule has 0 saturated carbocycles. The van der Waals surface area contributed by atoms with Gasteiger partial charge >= 0.3 is 5.97 Å². The van der Waals surface area contributed by atoms with Crippen LogP contribution < -0.4 is 5.32 Å². The molecule has 1 rings (SSSR count). The lowest BCUT2D eigenvalue weighted by molar-refractivity contribution is -0.142. The fourth-order valence-electron chi connectivity index (χ4n) is 1.56. The second-order valence-electron chi connectivity index (χ2n) is 3.87. The van der Waals surface area contributed by atoms with Gasteiger partial charge in [0.1, 0.15) is 6.04 Å². The van der Waals surface area contributed by atoms with E-state index < -0.39 is 0 Å². The summed E-state index contributed by atoms with van der Waals surface area (Å²) in [6.07, 6.45) is 0. The maximum absolute atomic E-state index is 11.3. The monoisotopic (exact) mass is 232 g/mol. The Kier molecular flexibility index (Phi) is 4.68. The summed E-state index contributed by atoms with van der Waals surface area (Å²) in [5, 5.41) is 11.8. The third kappa shape index (κ3) is 3.58. The largest absolute Gasteiger partial charge is 0.468 e. The number of hydrogen-bond donors (Lipinski definition) is 1. The summed E-state index contributed by atoms with van der Waals surface area (Å²) < 4.78 is 4.64. The van der Waals surface area contributed by atoms with Crippen molar-refractivity contribution in [3.63, 3.8) is 0 Å². The van der Waals surface area contributed by atoms with Gasteiger partial charge < -0.3 is 4.74 Å². The SMILES string of the molecule is COC(=O)[C@@H](C)N[C@@H](C)c1ccc(C#N)cc1. The highest BCUT2D eigenvalue weighted by atomic mass is 16.5. The van der Waals surface area contributed by atoms with Gasteiger partial charge in [-0.1, -0.05) is 12.1 Å². The van der Waals surface area contributed by atoms with Crippen LogP contribution in [0.15, 0.2) is 24.3 Å². The number of nitrogens with zero attached hydrogens (tertiary/aromatic N) is 1. The predicted octanol–water partition coefficient (Wildman–Crippen LogP) is 1.77. The van der Waals surface area contributed by atoms with E-state index in [2.05, 4.69) is 16.1 Å². The van der Waals surface area contributed by atoms with Crippen LogP contribution in [0.5, 0.6) is 0 Å². The van der Waals surface area contributed by atoms with Crippen LogP contribution in [-0.2, 0) is 9.53 Å². The summed E-state index contributed by atoms with van der Waals surface area (Å²) in [6.45, 7) is 3.72. The van der Waals surface area contributed by atoms with Crippen molar-refractivity contribution in [2.24, 2.45) is 0 Å². The van der Waals surface area contributed by atoms with Crippen LogP contribution in [0.2, 0.25) is 0 Å². The minimum Gasteiger partial charge on any atom is -0.468 e. The van der Waals surface area contributed by atoms with Crippen molar-refractivity contribution >= 4 is 5.97 Å². The fourth-order valence-corrected chi connectivity index (χ4v) is 1.56. The summed E-state index contributed by atoms with van der Waals surface area (Å²) in [4.78, 5) is 11.3. The van der Waals surface area contributed by atoms with Crippen LogP contribution in [0.25, 0.3) is 0 Å². The molecule has 0 bridgehead atoms. The molecule has 0 aliphatic carbocycles. The molecule has 1 aromatic rings. The molecule has 4 nitrogen and oxygen atoms in total. The Bertz CT molecular complexity index is 420. The van der Waals surface area contributed by atoms with Crippen LogP contribution in [0.1, 0.15) is 31.0 Å². The van der Waals surface area contributed by atoms with Crippen molar-refractivity contribution in [3.05, 3.63) is 35.4 Å². The van der Waals surface area contributed by atoms with E-state index in [0.717, 1.165) is 5.56 Å². The molecule has 0 fully saturated rings. The number of ether oxygens (including phenoxy) is 1. The maximum atomic E-state index is 11.3. The summed E-state index contributed by atoms with van der Waals surface area (Å²) in [5.74, 6) is -0.287. The fraction of sp³-hybridized carbons (Fsp3) is 0.385. The lowest BCUT2D eigenvalue weighted by Gasteiger charge is -2.18. The number of methoxy groups -OCH3 is 1. The lowest BCUT2D eigenvalue weighted by Crippen LogP contribution is -2.36. The van der Waals surface area contributed by atoms with Gasteiger partial charge in [0.25, 0.3) is 0 Å². The van der Waals surface area contributed by atoms with Gasteiger partial charge in [0.15, 0.2) is 0 Å². The van der Waals surface area contributed by atoms with Crippen molar-refractivity contribution in [1.82, 2.24) is 5.32 Å². The van der Waals surface area contributed by atoms with Crippen LogP contribution in [-0.4, -0.2) is 19.1 Å². The molecule has 0 aliphatic rings. The topological polar surface area (TPSA) is 62.1 Å². The maximum Gasteiger partial charge on any atom is 0.322 e. The van der Waals surface area contributed by atoms with Gasteiger partial charge in [-0.25, -0.2) is 0 Å². The first-order valence-corrected chi connectivity index (χ1v) is 5.42. The Hall–Kier alpha value is -1.86. The van der Waals surface area contributed by atoms with Gasteiger partial charge in [-0.15, -0.1) is 0 Å². The summed E-state index contributed by atoms with van der Waals surface area (Å²) in [7, 11) is 1.37. The Morgan fingerprint density at radius 2 is 1.94 bits per heavy atom. The van der Waals surface area contributed by atoms with E-state index in [4.69, 9.17) is 5.26 Å². The molecule has 4 heteroatoms. The molecule has 1 aromatic carbocycles. The number of benzene rings is 1. The van der Waals surface area contributed by atoms with Crippen molar-refractivity contribution < 1.29 is 9.53 Å². The summed E-state index contributed by atoms with van der Waals surface area (Å²) in [6, 6.07) is 9.01. The first kappa shape index (κ1) is 13.2. The molecule has 17 heavy (non-hydrogen) atoms. The van der Waals surface area contributed by atoms with Crippen molar-refractivity contribution in [3.8, 4) is 6.07 Å². The number of nitrogens with one attached hydrogen (secondary N) is 1. The highest BCUT2D eigenvalue weighted by Gasteiger charge is 2.16. The van der Waals surface area contributed by atoms with Crippen LogP contribution in [0, 0.1) is 11.3 Å². The smallest absolute Gasteiger partial charge is 0.322 e. The van der Waals surface area contributed by atoms with Gasteiger partial charge in [-0.3, -0.25) is 10.1 Å². The molecule has 0 unspecified atom stereocenters. The molecule has 90 valence electrons. The zero-order valence-corrected chi connectivity index (χ0v) is 10.2. The van der Waals surface area contributed by atoms with E-state index in [1.807, 2.05) is 19.1 Å². The number of carbonyl (C=O) groups excluding carboxylic acids is 1. The number of rotatable bonds is 4. The van der Waals surface area contributed by atoms with Gasteiger partial charge in [-0.2, -0.15) is 5.26 Å². The highest BCUT2D eigenvalue weighted by Crippen LogP contribution is 2.13. The van der Waals surface area contributed by atoms with Gasteiger partial charge in [0.05, 0.1) is 18.7 Å². The molecule has 0 saturated heterocycles. The minimum absolute atomic E-state index is 0.0249. The second kappa shape index (κ2) is 6.02. The van der Waals surface area contributed by atoms with E-state index in [-0.39, 0.29) is 18.1 Å². The Morgan fingerprint density at radius 3 is 2.41 bits per heavy atom. The predicted molar refractivity (Wildman–Crippen MR) is 64.2 cm³/mol. The first-order chi connectivity index (χ1) is 8.08. The van der Waals surface area contributed by atoms with Gasteiger partial charge in [0, 0.05) is 6.04 Å². The molecule has 2 atom stereocenters. The third-order valence-corrected chi connectivity index (χ3v) is 2.59. The molecule has 0 aliphatic heterocycles. The molecule has 0 radical (unpaired) electrons. The van der Waals surface area contributed by atoms with Crippen LogP contribution in [0.4, 0.5) is 0 Å². The number of esters is 1. The van der Waals surface area contributed by atoms with Crippen molar-refractivity contribution in [1.29, 1.82) is 5.26 Å². The second-order valence-corrected chi connectivity index (χ2v) is 3.87. The quantitative estimate of drug-likeness (QED) is 0.804. The number of hydrogen-bond acceptors (Lipinski definition) is 4. The van der Waals surface area contributed by atoms with Crippen LogP contribution >= 0.6 is 0 Å². The van der Waals surface area contributed by atoms with Crippen LogP contribution in [0.3, 0.4) is 0 Å². The average molecular weight is 232 g/mol. The Labute approximate surface area is 101 Å². The molecule has 0 aromatic heterocycles. The first-order valence-electron chi connectivity index (χ1n) is 5.42.